The molecular formula is C24H23N3O5S. The van der Waals surface area contributed by atoms with E-state index in [1.54, 1.807) is 37.6 Å². The zero-order chi connectivity index (χ0) is 23.2. The third kappa shape index (κ3) is 4.88. The van der Waals surface area contributed by atoms with E-state index in [9.17, 15) is 4.79 Å². The van der Waals surface area contributed by atoms with Gasteiger partial charge in [0.05, 0.1) is 38.5 Å². The maximum absolute atomic E-state index is 12.9. The highest BCUT2D eigenvalue weighted by Crippen LogP contribution is 2.31. The maximum atomic E-state index is 12.9. The van der Waals surface area contributed by atoms with Crippen molar-refractivity contribution >= 4 is 17.5 Å². The lowest BCUT2D eigenvalue weighted by molar-refractivity contribution is 0.102. The highest BCUT2D eigenvalue weighted by molar-refractivity contribution is 7.99. The van der Waals surface area contributed by atoms with Crippen molar-refractivity contribution in [3.05, 3.63) is 66.4 Å². The van der Waals surface area contributed by atoms with Gasteiger partial charge in [0, 0.05) is 5.56 Å². The van der Waals surface area contributed by atoms with Crippen LogP contribution in [0.4, 0.5) is 0 Å². The van der Waals surface area contributed by atoms with E-state index >= 15 is 0 Å². The van der Waals surface area contributed by atoms with Gasteiger partial charge < -0.3 is 18.6 Å². The van der Waals surface area contributed by atoms with Gasteiger partial charge in [0.25, 0.3) is 0 Å². The van der Waals surface area contributed by atoms with Gasteiger partial charge in [-0.1, -0.05) is 11.8 Å². The predicted octanol–water partition coefficient (Wildman–Crippen LogP) is 4.92. The predicted molar refractivity (Wildman–Crippen MR) is 125 cm³/mol. The summed E-state index contributed by atoms with van der Waals surface area (Å²) in [5.41, 5.74) is 1.36. The van der Waals surface area contributed by atoms with Crippen LogP contribution in [0.15, 0.2) is 70.4 Å². The molecule has 8 nitrogen and oxygen atoms in total. The van der Waals surface area contributed by atoms with Crippen LogP contribution in [0.1, 0.15) is 17.3 Å². The van der Waals surface area contributed by atoms with Gasteiger partial charge in [0.15, 0.2) is 28.2 Å². The number of methoxy groups -OCH3 is 2. The summed E-state index contributed by atoms with van der Waals surface area (Å²) in [5, 5.41) is 9.20. The van der Waals surface area contributed by atoms with Crippen LogP contribution in [0, 0.1) is 0 Å². The van der Waals surface area contributed by atoms with Gasteiger partial charge in [-0.3, -0.25) is 9.36 Å². The smallest absolute Gasteiger partial charge is 0.205 e. The SMILES string of the molecule is CCOc1ccc(-n2c(SCC(=O)c3ccc(OC)c(OC)c3)nnc2-c2ccco2)cc1. The molecular weight excluding hydrogens is 442 g/mol. The van der Waals surface area contributed by atoms with E-state index in [1.807, 2.05) is 41.8 Å². The molecule has 33 heavy (non-hydrogen) atoms. The molecule has 0 aliphatic rings. The van der Waals surface area contributed by atoms with Crippen molar-refractivity contribution in [3.8, 4) is 34.5 Å². The number of nitrogens with zero attached hydrogens (tertiary/aromatic N) is 3. The molecule has 0 saturated heterocycles. The van der Waals surface area contributed by atoms with Gasteiger partial charge in [-0.25, -0.2) is 0 Å². The number of Topliss-reactive ketones (excluding diaryl/α,β-unsaturated/α-hetero) is 1. The molecule has 0 saturated carbocycles. The van der Waals surface area contributed by atoms with E-state index in [4.69, 9.17) is 18.6 Å². The number of ketones is 1. The summed E-state index contributed by atoms with van der Waals surface area (Å²) in [4.78, 5) is 12.9. The van der Waals surface area contributed by atoms with Crippen molar-refractivity contribution in [3.63, 3.8) is 0 Å². The molecule has 0 radical (unpaired) electrons. The molecule has 2 aromatic carbocycles. The zero-order valence-electron chi connectivity index (χ0n) is 18.5. The number of carbonyl (C=O) groups is 1. The van der Waals surface area contributed by atoms with Crippen LogP contribution in [0.3, 0.4) is 0 Å². The average molecular weight is 466 g/mol. The van der Waals surface area contributed by atoms with E-state index in [0.29, 0.717) is 40.4 Å². The van der Waals surface area contributed by atoms with Crippen LogP contribution < -0.4 is 14.2 Å². The summed E-state index contributed by atoms with van der Waals surface area (Å²) in [6.07, 6.45) is 1.58. The molecule has 2 heterocycles. The Morgan fingerprint density at radius 1 is 1.03 bits per heavy atom. The lowest BCUT2D eigenvalue weighted by Gasteiger charge is -2.11. The molecule has 0 atom stereocenters. The second-order valence-corrected chi connectivity index (χ2v) is 7.77. The van der Waals surface area contributed by atoms with Crippen molar-refractivity contribution in [1.29, 1.82) is 0 Å². The number of ether oxygens (including phenoxy) is 3. The first-order valence-electron chi connectivity index (χ1n) is 10.2. The number of hydrogen-bond donors (Lipinski definition) is 0. The number of benzene rings is 2. The standard InChI is InChI=1S/C24H23N3O5S/c1-4-31-18-10-8-17(9-11-18)27-23(21-6-5-13-32-21)25-26-24(27)33-15-19(28)16-7-12-20(29-2)22(14-16)30-3/h5-14H,4,15H2,1-3H3. The van der Waals surface area contributed by atoms with Gasteiger partial charge in [-0.2, -0.15) is 0 Å². The van der Waals surface area contributed by atoms with Crippen molar-refractivity contribution < 1.29 is 23.4 Å². The molecule has 170 valence electrons. The molecule has 0 aliphatic heterocycles. The fraction of sp³-hybridized carbons (Fsp3) is 0.208. The summed E-state index contributed by atoms with van der Waals surface area (Å²) < 4.78 is 23.5. The topological polar surface area (TPSA) is 88.6 Å². The lowest BCUT2D eigenvalue weighted by Crippen LogP contribution is -2.05. The molecule has 4 aromatic rings. The fourth-order valence-electron chi connectivity index (χ4n) is 3.24. The Morgan fingerprint density at radius 2 is 1.82 bits per heavy atom. The summed E-state index contributed by atoms with van der Waals surface area (Å²) in [6, 6.07) is 16.3. The number of thioether (sulfide) groups is 1. The minimum Gasteiger partial charge on any atom is -0.494 e. The van der Waals surface area contributed by atoms with Crippen LogP contribution in [0.2, 0.25) is 0 Å². The Kier molecular flexibility index (Phi) is 6.99. The molecule has 4 rings (SSSR count). The molecule has 2 aromatic heterocycles. The van der Waals surface area contributed by atoms with Crippen molar-refractivity contribution in [2.24, 2.45) is 0 Å². The number of rotatable bonds is 10. The second-order valence-electron chi connectivity index (χ2n) is 6.83. The summed E-state index contributed by atoms with van der Waals surface area (Å²) >= 11 is 1.30. The van der Waals surface area contributed by atoms with Crippen LogP contribution >= 0.6 is 11.8 Å². The van der Waals surface area contributed by atoms with Crippen molar-refractivity contribution in [2.45, 2.75) is 12.1 Å². The second kappa shape index (κ2) is 10.3. The van der Waals surface area contributed by atoms with Gasteiger partial charge >= 0.3 is 0 Å². The molecule has 9 heteroatoms. The zero-order valence-corrected chi connectivity index (χ0v) is 19.3. The lowest BCUT2D eigenvalue weighted by atomic mass is 10.1. The number of hydrogen-bond acceptors (Lipinski definition) is 8. The normalized spacial score (nSPS) is 10.8. The first-order valence-corrected chi connectivity index (χ1v) is 11.2. The third-order valence-electron chi connectivity index (χ3n) is 4.82. The number of carbonyl (C=O) groups excluding carboxylic acids is 1. The van der Waals surface area contributed by atoms with Crippen LogP contribution in [-0.2, 0) is 0 Å². The number of aromatic nitrogens is 3. The fourth-order valence-corrected chi connectivity index (χ4v) is 4.09. The molecule has 0 N–H and O–H groups in total. The van der Waals surface area contributed by atoms with Gasteiger partial charge in [0.2, 0.25) is 5.82 Å². The Labute approximate surface area is 195 Å². The van der Waals surface area contributed by atoms with Crippen molar-refractivity contribution in [2.75, 3.05) is 26.6 Å². The minimum absolute atomic E-state index is 0.0678. The first-order chi connectivity index (χ1) is 16.1. The molecule has 0 unspecified atom stereocenters. The Balaban J connectivity index is 1.61. The highest BCUT2D eigenvalue weighted by Gasteiger charge is 2.20. The molecule has 0 bridgehead atoms. The largest absolute Gasteiger partial charge is 0.494 e. The Bertz CT molecular complexity index is 1220. The summed E-state index contributed by atoms with van der Waals surface area (Å²) in [5.74, 6) is 3.07. The monoisotopic (exact) mass is 465 g/mol. The Morgan fingerprint density at radius 3 is 2.48 bits per heavy atom. The van der Waals surface area contributed by atoms with E-state index in [0.717, 1.165) is 11.4 Å². The first kappa shape index (κ1) is 22.5. The van der Waals surface area contributed by atoms with Gasteiger partial charge in [0.1, 0.15) is 5.75 Å². The van der Waals surface area contributed by atoms with Gasteiger partial charge in [-0.15, -0.1) is 10.2 Å². The van der Waals surface area contributed by atoms with E-state index < -0.39 is 0 Å². The maximum Gasteiger partial charge on any atom is 0.205 e. The molecule has 0 amide bonds. The van der Waals surface area contributed by atoms with Crippen LogP contribution in [0.25, 0.3) is 17.3 Å². The van der Waals surface area contributed by atoms with E-state index in [-0.39, 0.29) is 11.5 Å². The average Bonchev–Trinajstić information content (AvgIpc) is 3.52. The highest BCUT2D eigenvalue weighted by atomic mass is 32.2. The van der Waals surface area contributed by atoms with Crippen LogP contribution in [-0.4, -0.2) is 47.1 Å². The summed E-state index contributed by atoms with van der Waals surface area (Å²) in [6.45, 7) is 2.52. The molecule has 0 aliphatic carbocycles. The van der Waals surface area contributed by atoms with Gasteiger partial charge in [-0.05, 0) is 61.5 Å². The minimum atomic E-state index is -0.0678. The number of furan rings is 1. The molecule has 0 spiro atoms. The summed E-state index contributed by atoms with van der Waals surface area (Å²) in [7, 11) is 3.09. The third-order valence-corrected chi connectivity index (χ3v) is 5.75. The molecule has 0 fully saturated rings. The van der Waals surface area contributed by atoms with E-state index in [1.165, 1.54) is 18.9 Å². The quantitative estimate of drug-likeness (QED) is 0.241. The van der Waals surface area contributed by atoms with Crippen LogP contribution in [0.5, 0.6) is 17.2 Å². The Hall–Kier alpha value is -3.72. The van der Waals surface area contributed by atoms with E-state index in [2.05, 4.69) is 10.2 Å². The van der Waals surface area contributed by atoms with Crippen molar-refractivity contribution in [1.82, 2.24) is 14.8 Å².